The minimum Gasteiger partial charge on any atom is -0.394 e. The highest BCUT2D eigenvalue weighted by Crippen LogP contribution is 2.31. The summed E-state index contributed by atoms with van der Waals surface area (Å²) in [5.74, 6) is -0.197. The lowest BCUT2D eigenvalue weighted by atomic mass is 9.97. The largest absolute Gasteiger partial charge is 0.394 e. The van der Waals surface area contributed by atoms with Gasteiger partial charge in [0.1, 0.15) is 48.8 Å². The second-order valence-electron chi connectivity index (χ2n) is 31.0. The van der Waals surface area contributed by atoms with E-state index in [9.17, 15) is 45.6 Å². The zero-order valence-electron chi connectivity index (χ0n) is 65.7. The van der Waals surface area contributed by atoms with Crippen LogP contribution in [0.5, 0.6) is 0 Å². The molecule has 2 aliphatic heterocycles. The van der Waals surface area contributed by atoms with E-state index >= 15 is 0 Å². The maximum atomic E-state index is 13.4. The Morgan fingerprint density at radius 3 is 1.00 bits per heavy atom. The van der Waals surface area contributed by atoms with Gasteiger partial charge in [0.2, 0.25) is 5.91 Å². The van der Waals surface area contributed by atoms with Gasteiger partial charge in [-0.15, -0.1) is 0 Å². The topological polar surface area (TPSA) is 228 Å². The van der Waals surface area contributed by atoms with Crippen molar-refractivity contribution >= 4 is 5.91 Å². The normalized spacial score (nSPS) is 21.8. The Kier molecular flexibility index (Phi) is 67.1. The Hall–Kier alpha value is -1.79. The number of ether oxygens (including phenoxy) is 4. The summed E-state index contributed by atoms with van der Waals surface area (Å²) in [4.78, 5) is 13.4. The number of rotatable bonds is 75. The Morgan fingerprint density at radius 2 is 0.653 bits per heavy atom. The third-order valence-electron chi connectivity index (χ3n) is 21.6. The minimum absolute atomic E-state index is 0.197. The molecule has 2 heterocycles. The molecule has 14 heteroatoms. The van der Waals surface area contributed by atoms with Crippen LogP contribution < -0.4 is 5.32 Å². The lowest BCUT2D eigenvalue weighted by Gasteiger charge is -2.46. The van der Waals surface area contributed by atoms with Crippen molar-refractivity contribution in [2.24, 2.45) is 0 Å². The first-order chi connectivity index (χ1) is 49.6. The van der Waals surface area contributed by atoms with Gasteiger partial charge in [-0.2, -0.15) is 0 Å². The van der Waals surface area contributed by atoms with E-state index in [1.807, 2.05) is 0 Å². The SMILES string of the molecule is CCCCCCC/C=C\C/C=C\C/C=C\CCCCCCCCCCCCCCCCCCCCCCC(=O)NC(COC1OC(CO)C(OC2OC(CO)C(O)C(O)C2O)C(O)C1O)C(O)CCCCCCCCCCCCCCCCCCCCCCCCCCCCCCCCCC. The van der Waals surface area contributed by atoms with E-state index in [1.165, 1.54) is 327 Å². The molecule has 0 radical (unpaired) electrons. The molecule has 0 aliphatic carbocycles. The smallest absolute Gasteiger partial charge is 0.220 e. The van der Waals surface area contributed by atoms with Crippen molar-refractivity contribution in [2.75, 3.05) is 19.8 Å². The first-order valence-electron chi connectivity index (χ1n) is 43.7. The van der Waals surface area contributed by atoms with Crippen LogP contribution >= 0.6 is 0 Å². The van der Waals surface area contributed by atoms with Gasteiger partial charge >= 0.3 is 0 Å². The van der Waals surface area contributed by atoms with Gasteiger partial charge in [0.25, 0.3) is 0 Å². The molecule has 1 amide bonds. The lowest BCUT2D eigenvalue weighted by Crippen LogP contribution is -2.65. The Morgan fingerprint density at radius 1 is 0.356 bits per heavy atom. The fraction of sp³-hybridized carbons (Fsp3) is 0.920. The summed E-state index contributed by atoms with van der Waals surface area (Å²) >= 11 is 0. The first-order valence-corrected chi connectivity index (χ1v) is 43.7. The monoisotopic (exact) mass is 1430 g/mol. The van der Waals surface area contributed by atoms with Gasteiger partial charge in [-0.25, -0.2) is 0 Å². The molecule has 0 aromatic heterocycles. The quantitative estimate of drug-likeness (QED) is 0.0204. The molecule has 2 saturated heterocycles. The molecule has 101 heavy (non-hydrogen) atoms. The summed E-state index contributed by atoms with van der Waals surface area (Å²) in [5, 5.41) is 88.0. The van der Waals surface area contributed by atoms with Gasteiger partial charge in [-0.3, -0.25) is 4.79 Å². The molecular formula is C87H165NO13. The highest BCUT2D eigenvalue weighted by atomic mass is 16.7. The van der Waals surface area contributed by atoms with Gasteiger partial charge in [-0.1, -0.05) is 397 Å². The highest BCUT2D eigenvalue weighted by molar-refractivity contribution is 5.76. The van der Waals surface area contributed by atoms with Crippen molar-refractivity contribution in [3.63, 3.8) is 0 Å². The molecule has 0 bridgehead atoms. The van der Waals surface area contributed by atoms with Gasteiger partial charge in [0.15, 0.2) is 12.6 Å². The summed E-state index contributed by atoms with van der Waals surface area (Å²) in [7, 11) is 0. The van der Waals surface area contributed by atoms with Crippen molar-refractivity contribution in [1.82, 2.24) is 5.32 Å². The van der Waals surface area contributed by atoms with Crippen LogP contribution in [0.2, 0.25) is 0 Å². The van der Waals surface area contributed by atoms with E-state index < -0.39 is 86.8 Å². The number of hydrogen-bond donors (Lipinski definition) is 9. The molecule has 9 N–H and O–H groups in total. The summed E-state index contributed by atoms with van der Waals surface area (Å²) in [6.45, 7) is 2.93. The van der Waals surface area contributed by atoms with Crippen molar-refractivity contribution in [3.8, 4) is 0 Å². The third-order valence-corrected chi connectivity index (χ3v) is 21.6. The van der Waals surface area contributed by atoms with E-state index in [0.29, 0.717) is 12.8 Å². The number of carbonyl (C=O) groups excluding carboxylic acids is 1. The van der Waals surface area contributed by atoms with Gasteiger partial charge in [0.05, 0.1) is 32.0 Å². The van der Waals surface area contributed by atoms with Gasteiger partial charge < -0.3 is 65.1 Å². The van der Waals surface area contributed by atoms with Crippen LogP contribution in [0.4, 0.5) is 0 Å². The molecule has 12 atom stereocenters. The summed E-state index contributed by atoms with van der Waals surface area (Å²) in [6.07, 6.45) is 77.8. The van der Waals surface area contributed by atoms with Crippen LogP contribution in [0.15, 0.2) is 36.5 Å². The predicted octanol–water partition coefficient (Wildman–Crippen LogP) is 20.8. The number of amides is 1. The summed E-state index contributed by atoms with van der Waals surface area (Å²) < 4.78 is 23.0. The maximum absolute atomic E-state index is 13.4. The second kappa shape index (κ2) is 71.1. The number of unbranched alkanes of at least 4 members (excludes halogenated alkanes) is 56. The lowest BCUT2D eigenvalue weighted by molar-refractivity contribution is -0.359. The number of carbonyl (C=O) groups is 1. The van der Waals surface area contributed by atoms with Gasteiger partial charge in [-0.05, 0) is 51.4 Å². The molecule has 0 spiro atoms. The predicted molar refractivity (Wildman–Crippen MR) is 420 cm³/mol. The number of aliphatic hydroxyl groups excluding tert-OH is 8. The maximum Gasteiger partial charge on any atom is 0.220 e. The van der Waals surface area contributed by atoms with Crippen LogP contribution in [-0.4, -0.2) is 140 Å². The first kappa shape index (κ1) is 95.3. The van der Waals surface area contributed by atoms with E-state index in [2.05, 4.69) is 55.6 Å². The molecule has 0 saturated carbocycles. The Bertz CT molecular complexity index is 1840. The van der Waals surface area contributed by atoms with Crippen molar-refractivity contribution in [2.45, 2.75) is 492 Å². The summed E-state index contributed by atoms with van der Waals surface area (Å²) in [6, 6.07) is -0.830. The number of hydrogen-bond acceptors (Lipinski definition) is 13. The van der Waals surface area contributed by atoms with Gasteiger partial charge in [0, 0.05) is 6.42 Å². The average Bonchev–Trinajstić information content (AvgIpc) is 0.791. The Balaban J connectivity index is 1.57. The van der Waals surface area contributed by atoms with E-state index in [1.54, 1.807) is 0 Å². The number of aliphatic hydroxyl groups is 8. The van der Waals surface area contributed by atoms with Crippen LogP contribution in [0, 0.1) is 0 Å². The summed E-state index contributed by atoms with van der Waals surface area (Å²) in [5.41, 5.74) is 0. The fourth-order valence-corrected chi connectivity index (χ4v) is 14.7. The van der Waals surface area contributed by atoms with E-state index in [0.717, 1.165) is 64.2 Å². The fourth-order valence-electron chi connectivity index (χ4n) is 14.7. The van der Waals surface area contributed by atoms with E-state index in [-0.39, 0.29) is 12.5 Å². The molecule has 0 aromatic rings. The second-order valence-corrected chi connectivity index (χ2v) is 31.0. The zero-order chi connectivity index (χ0) is 73.0. The van der Waals surface area contributed by atoms with Crippen molar-refractivity contribution in [3.05, 3.63) is 36.5 Å². The zero-order valence-corrected chi connectivity index (χ0v) is 65.7. The Labute approximate surface area is 621 Å². The molecule has 14 nitrogen and oxygen atoms in total. The number of nitrogens with one attached hydrogen (secondary N) is 1. The van der Waals surface area contributed by atoms with Crippen LogP contribution in [0.25, 0.3) is 0 Å². The van der Waals surface area contributed by atoms with Crippen molar-refractivity contribution < 1.29 is 64.6 Å². The van der Waals surface area contributed by atoms with Crippen LogP contribution in [-0.2, 0) is 23.7 Å². The molecule has 2 aliphatic rings. The molecule has 2 rings (SSSR count). The van der Waals surface area contributed by atoms with Crippen molar-refractivity contribution in [1.29, 1.82) is 0 Å². The average molecular weight is 1430 g/mol. The third kappa shape index (κ3) is 53.6. The molecule has 12 unspecified atom stereocenters. The standard InChI is InChI=1S/C87H165NO13/c1-3-5-7-9-11-13-15-17-19-21-23-25-27-29-31-33-35-37-38-39-41-43-45-47-49-51-53-55-57-59-61-63-65-67-69-71-79(92)88-75(74-98-86-84(97)82(95)85(78(73-90)100-86)101-87-83(96)81(94)80(93)77(72-89)99-87)76(91)70-68-66-64-62-60-58-56-54-52-50-48-46-44-42-40-36-34-32-30-28-26-24-22-20-18-16-14-12-10-8-6-4-2/h15,17,21,23,27,29,75-78,80-87,89-91,93-97H,3-14,16,18-20,22,24-26,28,30-74H2,1-2H3,(H,88,92)/b17-15-,23-21-,29-27-. The van der Waals surface area contributed by atoms with Crippen LogP contribution in [0.3, 0.4) is 0 Å². The van der Waals surface area contributed by atoms with Crippen LogP contribution in [0.1, 0.15) is 418 Å². The molecule has 0 aromatic carbocycles. The van der Waals surface area contributed by atoms with E-state index in [4.69, 9.17) is 18.9 Å². The highest BCUT2D eigenvalue weighted by Gasteiger charge is 2.51. The molecule has 596 valence electrons. The number of allylic oxidation sites excluding steroid dienone is 6. The molecular weight excluding hydrogens is 1270 g/mol. The minimum atomic E-state index is -1.78. The molecule has 2 fully saturated rings.